The van der Waals surface area contributed by atoms with Gasteiger partial charge in [0.05, 0.1) is 6.04 Å². The van der Waals surface area contributed by atoms with Crippen LogP contribution in [0.25, 0.3) is 0 Å². The van der Waals surface area contributed by atoms with Crippen molar-refractivity contribution in [2.75, 3.05) is 11.9 Å². The molecule has 0 saturated heterocycles. The van der Waals surface area contributed by atoms with Crippen molar-refractivity contribution in [1.29, 1.82) is 0 Å². The maximum Gasteiger partial charge on any atom is 0.407 e. The van der Waals surface area contributed by atoms with E-state index in [0.29, 0.717) is 12.1 Å². The minimum atomic E-state index is -0.468. The Kier molecular flexibility index (Phi) is 6.19. The number of ether oxygens (including phenoxy) is 1. The molecule has 3 atom stereocenters. The van der Waals surface area contributed by atoms with Gasteiger partial charge >= 0.3 is 6.09 Å². The standard InChI is InChI=1S/C22H27N3O3/c1-4-23-21(26)17-10-11-19-18(12-17)20(14(2)15(3)24-19)25-22(27)28-13-16-8-6-5-7-9-16/h5-12,14-15,20,24H,4,13H2,1-3H3,(H,23,26)(H,25,27)/t14-,15+,20-/m1/s1. The average molecular weight is 381 g/mol. The van der Waals surface area contributed by atoms with Crippen LogP contribution < -0.4 is 16.0 Å². The summed E-state index contributed by atoms with van der Waals surface area (Å²) >= 11 is 0. The van der Waals surface area contributed by atoms with E-state index in [0.717, 1.165) is 16.8 Å². The van der Waals surface area contributed by atoms with E-state index in [-0.39, 0.29) is 30.5 Å². The predicted molar refractivity (Wildman–Crippen MR) is 109 cm³/mol. The summed E-state index contributed by atoms with van der Waals surface area (Å²) in [6.45, 7) is 6.81. The van der Waals surface area contributed by atoms with Gasteiger partial charge in [-0.1, -0.05) is 37.3 Å². The number of hydrogen-bond acceptors (Lipinski definition) is 4. The van der Waals surface area contributed by atoms with Gasteiger partial charge in [0.15, 0.2) is 0 Å². The first-order valence-electron chi connectivity index (χ1n) is 9.65. The Bertz CT molecular complexity index is 838. The van der Waals surface area contributed by atoms with Gasteiger partial charge in [-0.25, -0.2) is 4.79 Å². The van der Waals surface area contributed by atoms with Crippen molar-refractivity contribution in [3.8, 4) is 0 Å². The lowest BCUT2D eigenvalue weighted by molar-refractivity contribution is 0.0955. The van der Waals surface area contributed by atoms with E-state index in [4.69, 9.17) is 4.74 Å². The third-order valence-corrected chi connectivity index (χ3v) is 5.17. The van der Waals surface area contributed by atoms with Gasteiger partial charge in [0.1, 0.15) is 6.61 Å². The normalized spacial score (nSPS) is 20.5. The highest BCUT2D eigenvalue weighted by molar-refractivity contribution is 5.95. The zero-order chi connectivity index (χ0) is 20.1. The fourth-order valence-corrected chi connectivity index (χ4v) is 3.40. The van der Waals surface area contributed by atoms with Gasteiger partial charge in [-0.3, -0.25) is 4.79 Å². The van der Waals surface area contributed by atoms with E-state index < -0.39 is 6.09 Å². The minimum Gasteiger partial charge on any atom is -0.445 e. The molecule has 6 heteroatoms. The Morgan fingerprint density at radius 1 is 1.11 bits per heavy atom. The number of carbonyl (C=O) groups is 2. The van der Waals surface area contributed by atoms with Crippen LogP contribution in [-0.2, 0) is 11.3 Å². The lowest BCUT2D eigenvalue weighted by atomic mass is 9.84. The molecular formula is C22H27N3O3. The molecule has 0 saturated carbocycles. The Labute approximate surface area is 165 Å². The van der Waals surface area contributed by atoms with Crippen molar-refractivity contribution in [2.24, 2.45) is 5.92 Å². The van der Waals surface area contributed by atoms with Crippen molar-refractivity contribution >= 4 is 17.7 Å². The molecule has 3 N–H and O–H groups in total. The van der Waals surface area contributed by atoms with Crippen LogP contribution >= 0.6 is 0 Å². The lowest BCUT2D eigenvalue weighted by Gasteiger charge is -2.37. The first-order valence-corrected chi connectivity index (χ1v) is 9.65. The summed E-state index contributed by atoms with van der Waals surface area (Å²) in [5.41, 5.74) is 3.33. The molecule has 1 aliphatic rings. The van der Waals surface area contributed by atoms with Gasteiger partial charge in [-0.15, -0.1) is 0 Å². The maximum absolute atomic E-state index is 12.4. The van der Waals surface area contributed by atoms with Crippen molar-refractivity contribution in [3.63, 3.8) is 0 Å². The second-order valence-corrected chi connectivity index (χ2v) is 7.14. The van der Waals surface area contributed by atoms with Crippen LogP contribution in [0.2, 0.25) is 0 Å². The van der Waals surface area contributed by atoms with Gasteiger partial charge < -0.3 is 20.7 Å². The number of benzene rings is 2. The quantitative estimate of drug-likeness (QED) is 0.735. The Balaban J connectivity index is 1.77. The van der Waals surface area contributed by atoms with Gasteiger partial charge in [-0.05, 0) is 43.2 Å². The summed E-state index contributed by atoms with van der Waals surface area (Å²) in [5.74, 6) is 0.00300. The number of amides is 2. The van der Waals surface area contributed by atoms with Crippen molar-refractivity contribution < 1.29 is 14.3 Å². The number of fused-ring (bicyclic) bond motifs is 1. The zero-order valence-corrected chi connectivity index (χ0v) is 16.5. The second kappa shape index (κ2) is 8.78. The monoisotopic (exact) mass is 381 g/mol. The van der Waals surface area contributed by atoms with Gasteiger partial charge in [-0.2, -0.15) is 0 Å². The molecule has 1 aliphatic heterocycles. The molecule has 28 heavy (non-hydrogen) atoms. The summed E-state index contributed by atoms with van der Waals surface area (Å²) < 4.78 is 5.40. The average Bonchev–Trinajstić information content (AvgIpc) is 2.70. The summed E-state index contributed by atoms with van der Waals surface area (Å²) in [6.07, 6.45) is -0.468. The second-order valence-electron chi connectivity index (χ2n) is 7.14. The molecule has 0 bridgehead atoms. The highest BCUT2D eigenvalue weighted by Crippen LogP contribution is 2.37. The molecule has 3 rings (SSSR count). The van der Waals surface area contributed by atoms with Crippen LogP contribution in [0, 0.1) is 5.92 Å². The number of nitrogens with one attached hydrogen (secondary N) is 3. The zero-order valence-electron chi connectivity index (χ0n) is 16.5. The molecule has 148 valence electrons. The minimum absolute atomic E-state index is 0.123. The Hall–Kier alpha value is -3.02. The molecule has 2 aromatic rings. The third kappa shape index (κ3) is 4.44. The molecule has 0 aliphatic carbocycles. The molecule has 0 spiro atoms. The molecule has 6 nitrogen and oxygen atoms in total. The van der Waals surface area contributed by atoms with Crippen LogP contribution in [-0.4, -0.2) is 24.6 Å². The first kappa shape index (κ1) is 19.7. The summed E-state index contributed by atoms with van der Waals surface area (Å²) in [6, 6.07) is 15.0. The Morgan fingerprint density at radius 2 is 1.86 bits per heavy atom. The van der Waals surface area contributed by atoms with Crippen LogP contribution in [0.3, 0.4) is 0 Å². The van der Waals surface area contributed by atoms with Crippen molar-refractivity contribution in [3.05, 3.63) is 65.2 Å². The van der Waals surface area contributed by atoms with E-state index in [9.17, 15) is 9.59 Å². The van der Waals surface area contributed by atoms with E-state index in [1.807, 2.05) is 49.4 Å². The Morgan fingerprint density at radius 3 is 2.57 bits per heavy atom. The molecular weight excluding hydrogens is 354 g/mol. The van der Waals surface area contributed by atoms with Crippen molar-refractivity contribution in [2.45, 2.75) is 39.5 Å². The van der Waals surface area contributed by atoms with Gasteiger partial charge in [0.2, 0.25) is 0 Å². The number of hydrogen-bond donors (Lipinski definition) is 3. The van der Waals surface area contributed by atoms with Crippen LogP contribution in [0.1, 0.15) is 48.3 Å². The summed E-state index contributed by atoms with van der Waals surface area (Å²) in [4.78, 5) is 24.7. The van der Waals surface area contributed by atoms with E-state index in [1.54, 1.807) is 6.07 Å². The topological polar surface area (TPSA) is 79.5 Å². The number of rotatable bonds is 5. The highest BCUT2D eigenvalue weighted by Gasteiger charge is 2.33. The van der Waals surface area contributed by atoms with Crippen LogP contribution in [0.5, 0.6) is 0 Å². The number of anilines is 1. The van der Waals surface area contributed by atoms with Crippen LogP contribution in [0.4, 0.5) is 10.5 Å². The lowest BCUT2D eigenvalue weighted by Crippen LogP contribution is -2.43. The smallest absolute Gasteiger partial charge is 0.407 e. The van der Waals surface area contributed by atoms with Crippen LogP contribution in [0.15, 0.2) is 48.5 Å². The molecule has 0 unspecified atom stereocenters. The molecule has 2 aromatic carbocycles. The predicted octanol–water partition coefficient (Wildman–Crippen LogP) is 3.85. The first-order chi connectivity index (χ1) is 13.5. The van der Waals surface area contributed by atoms with E-state index in [1.165, 1.54) is 0 Å². The third-order valence-electron chi connectivity index (χ3n) is 5.17. The SMILES string of the molecule is CCNC(=O)c1ccc2c(c1)[C@H](NC(=O)OCc1ccccc1)[C@H](C)[C@H](C)N2. The molecule has 1 heterocycles. The molecule has 0 radical (unpaired) electrons. The molecule has 0 fully saturated rings. The van der Waals surface area contributed by atoms with Crippen molar-refractivity contribution in [1.82, 2.24) is 10.6 Å². The summed E-state index contributed by atoms with van der Waals surface area (Å²) in [5, 5.41) is 9.25. The largest absolute Gasteiger partial charge is 0.445 e. The van der Waals surface area contributed by atoms with E-state index >= 15 is 0 Å². The molecule has 2 amide bonds. The molecule has 0 aromatic heterocycles. The van der Waals surface area contributed by atoms with E-state index in [2.05, 4.69) is 29.8 Å². The highest BCUT2D eigenvalue weighted by atomic mass is 16.5. The van der Waals surface area contributed by atoms with Gasteiger partial charge in [0, 0.05) is 29.8 Å². The summed E-state index contributed by atoms with van der Waals surface area (Å²) in [7, 11) is 0. The maximum atomic E-state index is 12.4. The number of alkyl carbamates (subject to hydrolysis) is 1. The van der Waals surface area contributed by atoms with Gasteiger partial charge in [0.25, 0.3) is 5.91 Å². The fraction of sp³-hybridized carbons (Fsp3) is 0.364. The fourth-order valence-electron chi connectivity index (χ4n) is 3.40. The number of carbonyl (C=O) groups excluding carboxylic acids is 2.